The molecule has 0 N–H and O–H groups in total. The van der Waals surface area contributed by atoms with E-state index in [0.29, 0.717) is 19.7 Å². The van der Waals surface area contributed by atoms with Crippen molar-refractivity contribution in [1.82, 2.24) is 19.9 Å². The molecule has 0 saturated carbocycles. The Hall–Kier alpha value is -2.41. The van der Waals surface area contributed by atoms with Crippen LogP contribution in [0.2, 0.25) is 0 Å². The molecule has 1 aromatic heterocycles. The first-order chi connectivity index (χ1) is 12.1. The summed E-state index contributed by atoms with van der Waals surface area (Å²) in [5.41, 5.74) is 3.19. The monoisotopic (exact) mass is 342 g/mol. The van der Waals surface area contributed by atoms with Crippen LogP contribution in [0.1, 0.15) is 29.3 Å². The summed E-state index contributed by atoms with van der Waals surface area (Å²) in [6, 6.07) is 5.91. The van der Waals surface area contributed by atoms with Gasteiger partial charge in [-0.05, 0) is 37.5 Å². The van der Waals surface area contributed by atoms with E-state index >= 15 is 0 Å². The highest BCUT2D eigenvalue weighted by molar-refractivity contribution is 5.78. The fourth-order valence-electron chi connectivity index (χ4n) is 3.52. The van der Waals surface area contributed by atoms with Gasteiger partial charge in [-0.15, -0.1) is 5.10 Å². The summed E-state index contributed by atoms with van der Waals surface area (Å²) >= 11 is 0. The first-order valence-electron chi connectivity index (χ1n) is 8.61. The molecule has 1 fully saturated rings. The maximum absolute atomic E-state index is 12.6. The molecule has 7 heteroatoms. The molecule has 132 valence electrons. The Morgan fingerprint density at radius 3 is 3.16 bits per heavy atom. The zero-order valence-corrected chi connectivity index (χ0v) is 14.5. The number of aryl methyl sites for hydroxylation is 1. The van der Waals surface area contributed by atoms with E-state index in [1.54, 1.807) is 6.20 Å². The van der Waals surface area contributed by atoms with Gasteiger partial charge in [0.05, 0.1) is 30.6 Å². The van der Waals surface area contributed by atoms with Gasteiger partial charge in [0, 0.05) is 13.1 Å². The minimum atomic E-state index is -0.00778. The largest absolute Gasteiger partial charge is 0.483 e. The van der Waals surface area contributed by atoms with Gasteiger partial charge >= 0.3 is 0 Å². The number of amides is 1. The molecule has 0 unspecified atom stereocenters. The molecule has 3 heterocycles. The average molecular weight is 342 g/mol. The molecule has 0 aliphatic carbocycles. The van der Waals surface area contributed by atoms with E-state index in [9.17, 15) is 4.79 Å². The molecule has 1 amide bonds. The lowest BCUT2D eigenvalue weighted by Gasteiger charge is -2.40. The molecular formula is C18H22N4O3. The SMILES string of the molecule is Cc1cccc(OCC(=O)N2CC[C@@H]3OCc4cnnn4[C@H]3C2)c1C. The standard InChI is InChI=1S/C18H22N4O3/c1-12-4-3-5-16(13(12)2)25-11-18(23)21-7-6-17-15(9-21)22-14(10-24-17)8-19-20-22/h3-5,8,15,17H,6-7,9-11H2,1-2H3/t15-,17-/m0/s1. The number of nitrogens with zero attached hydrogens (tertiary/aromatic N) is 4. The summed E-state index contributed by atoms with van der Waals surface area (Å²) in [5.74, 6) is 0.759. The predicted molar refractivity (Wildman–Crippen MR) is 90.2 cm³/mol. The van der Waals surface area contributed by atoms with Gasteiger partial charge in [0.1, 0.15) is 5.75 Å². The van der Waals surface area contributed by atoms with Crippen molar-refractivity contribution in [2.24, 2.45) is 0 Å². The lowest BCUT2D eigenvalue weighted by Crippen LogP contribution is -2.50. The zero-order chi connectivity index (χ0) is 17.4. The molecule has 4 rings (SSSR count). The van der Waals surface area contributed by atoms with E-state index < -0.39 is 0 Å². The molecule has 25 heavy (non-hydrogen) atoms. The summed E-state index contributed by atoms with van der Waals surface area (Å²) in [4.78, 5) is 14.4. The second kappa shape index (κ2) is 6.48. The van der Waals surface area contributed by atoms with Crippen molar-refractivity contribution in [2.45, 2.75) is 39.0 Å². The molecular weight excluding hydrogens is 320 g/mol. The third-order valence-corrected chi connectivity index (χ3v) is 5.19. The van der Waals surface area contributed by atoms with Crippen LogP contribution < -0.4 is 4.74 Å². The van der Waals surface area contributed by atoms with Crippen molar-refractivity contribution < 1.29 is 14.3 Å². The summed E-state index contributed by atoms with van der Waals surface area (Å²) in [6.07, 6.45) is 2.62. The molecule has 2 aliphatic rings. The van der Waals surface area contributed by atoms with Gasteiger partial charge in [0.15, 0.2) is 6.61 Å². The number of benzene rings is 1. The minimum absolute atomic E-state index is 0.00778. The van der Waals surface area contributed by atoms with Crippen LogP contribution in [0.25, 0.3) is 0 Å². The highest BCUT2D eigenvalue weighted by atomic mass is 16.5. The van der Waals surface area contributed by atoms with E-state index in [-0.39, 0.29) is 24.7 Å². The summed E-state index contributed by atoms with van der Waals surface area (Å²) < 4.78 is 13.6. The average Bonchev–Trinajstić information content (AvgIpc) is 3.11. The zero-order valence-electron chi connectivity index (χ0n) is 14.5. The first-order valence-corrected chi connectivity index (χ1v) is 8.61. The maximum atomic E-state index is 12.6. The Bertz CT molecular complexity index is 788. The van der Waals surface area contributed by atoms with Gasteiger partial charge in [-0.25, -0.2) is 4.68 Å². The van der Waals surface area contributed by atoms with Crippen molar-refractivity contribution in [3.63, 3.8) is 0 Å². The first kappa shape index (κ1) is 16.1. The quantitative estimate of drug-likeness (QED) is 0.848. The molecule has 7 nitrogen and oxygen atoms in total. The third kappa shape index (κ3) is 3.00. The maximum Gasteiger partial charge on any atom is 0.260 e. The van der Waals surface area contributed by atoms with Gasteiger partial charge in [0.2, 0.25) is 0 Å². The molecule has 0 bridgehead atoms. The van der Waals surface area contributed by atoms with E-state index in [0.717, 1.165) is 29.0 Å². The second-order valence-corrected chi connectivity index (χ2v) is 6.70. The number of fused-ring (bicyclic) bond motifs is 3. The van der Waals surface area contributed by atoms with Gasteiger partial charge in [-0.2, -0.15) is 0 Å². The van der Waals surface area contributed by atoms with E-state index in [1.807, 2.05) is 41.6 Å². The summed E-state index contributed by atoms with van der Waals surface area (Å²) in [7, 11) is 0. The van der Waals surface area contributed by atoms with Crippen LogP contribution in [0.4, 0.5) is 0 Å². The normalized spacial score (nSPS) is 22.2. The molecule has 0 spiro atoms. The van der Waals surface area contributed by atoms with Gasteiger partial charge in [-0.1, -0.05) is 17.3 Å². The summed E-state index contributed by atoms with van der Waals surface area (Å²) in [5, 5.41) is 8.13. The number of carbonyl (C=O) groups is 1. The van der Waals surface area contributed by atoms with Gasteiger partial charge < -0.3 is 14.4 Å². The van der Waals surface area contributed by atoms with Crippen molar-refractivity contribution in [3.05, 3.63) is 41.2 Å². The number of hydrogen-bond donors (Lipinski definition) is 0. The molecule has 2 aliphatic heterocycles. The molecule has 2 aromatic rings. The topological polar surface area (TPSA) is 69.5 Å². The van der Waals surface area contributed by atoms with Crippen molar-refractivity contribution in [2.75, 3.05) is 19.7 Å². The van der Waals surface area contributed by atoms with Crippen molar-refractivity contribution in [1.29, 1.82) is 0 Å². The van der Waals surface area contributed by atoms with Crippen LogP contribution in [-0.4, -0.2) is 51.6 Å². The van der Waals surface area contributed by atoms with E-state index in [4.69, 9.17) is 9.47 Å². The summed E-state index contributed by atoms with van der Waals surface area (Å²) in [6.45, 7) is 5.89. The predicted octanol–water partition coefficient (Wildman–Crippen LogP) is 1.65. The van der Waals surface area contributed by atoms with E-state index in [1.165, 1.54) is 0 Å². The number of ether oxygens (including phenoxy) is 2. The minimum Gasteiger partial charge on any atom is -0.483 e. The van der Waals surface area contributed by atoms with E-state index in [2.05, 4.69) is 10.3 Å². The lowest BCUT2D eigenvalue weighted by atomic mass is 10.0. The van der Waals surface area contributed by atoms with Crippen molar-refractivity contribution >= 4 is 5.91 Å². The Balaban J connectivity index is 1.41. The Labute approximate surface area is 146 Å². The van der Waals surface area contributed by atoms with Crippen LogP contribution in [-0.2, 0) is 16.1 Å². The van der Waals surface area contributed by atoms with Crippen LogP contribution in [0.3, 0.4) is 0 Å². The number of hydrogen-bond acceptors (Lipinski definition) is 5. The van der Waals surface area contributed by atoms with Crippen LogP contribution >= 0.6 is 0 Å². The number of carbonyl (C=O) groups excluding carboxylic acids is 1. The van der Waals surface area contributed by atoms with Gasteiger partial charge in [0.25, 0.3) is 5.91 Å². The van der Waals surface area contributed by atoms with Crippen molar-refractivity contribution in [3.8, 4) is 5.75 Å². The highest BCUT2D eigenvalue weighted by Gasteiger charge is 2.37. The fraction of sp³-hybridized carbons (Fsp3) is 0.500. The third-order valence-electron chi connectivity index (χ3n) is 5.19. The Morgan fingerprint density at radius 2 is 2.28 bits per heavy atom. The Morgan fingerprint density at radius 1 is 1.40 bits per heavy atom. The number of piperidine rings is 1. The van der Waals surface area contributed by atoms with Crippen LogP contribution in [0.15, 0.2) is 24.4 Å². The Kier molecular flexibility index (Phi) is 4.17. The number of likely N-dealkylation sites (tertiary alicyclic amines) is 1. The number of rotatable bonds is 3. The highest BCUT2D eigenvalue weighted by Crippen LogP contribution is 2.30. The fourth-order valence-corrected chi connectivity index (χ4v) is 3.52. The molecule has 1 saturated heterocycles. The molecule has 2 atom stereocenters. The molecule has 0 radical (unpaired) electrons. The van der Waals surface area contributed by atoms with Crippen LogP contribution in [0.5, 0.6) is 5.75 Å². The second-order valence-electron chi connectivity index (χ2n) is 6.70. The molecule has 1 aromatic carbocycles. The number of aromatic nitrogens is 3. The van der Waals surface area contributed by atoms with Crippen LogP contribution in [0, 0.1) is 13.8 Å². The van der Waals surface area contributed by atoms with Gasteiger partial charge in [-0.3, -0.25) is 4.79 Å². The lowest BCUT2D eigenvalue weighted by molar-refractivity contribution is -0.140. The smallest absolute Gasteiger partial charge is 0.260 e.